The van der Waals surface area contributed by atoms with E-state index in [1.807, 2.05) is 12.1 Å². The smallest absolute Gasteiger partial charge is 0.412 e. The third-order valence-corrected chi connectivity index (χ3v) is 3.73. The Labute approximate surface area is 136 Å². The maximum absolute atomic E-state index is 11.5. The number of oxime groups is 1. The molecule has 2 heterocycles. The maximum atomic E-state index is 11.5. The van der Waals surface area contributed by atoms with Gasteiger partial charge in [-0.3, -0.25) is 5.32 Å². The number of anilines is 1. The molecular formula is C16H24N4O3. The second-order valence-corrected chi connectivity index (χ2v) is 5.36. The van der Waals surface area contributed by atoms with E-state index in [2.05, 4.69) is 20.8 Å². The lowest BCUT2D eigenvalue weighted by molar-refractivity contribution is 0.168. The fourth-order valence-corrected chi connectivity index (χ4v) is 2.66. The SMILES string of the molecule is CCOC(=O)Nc1cc(C/C(=N\OC)C2CCNCC2)ccn1. The molecule has 1 saturated heterocycles. The first-order valence-electron chi connectivity index (χ1n) is 7.92. The summed E-state index contributed by atoms with van der Waals surface area (Å²) in [6.07, 6.45) is 3.96. The summed E-state index contributed by atoms with van der Waals surface area (Å²) in [5.41, 5.74) is 2.06. The van der Waals surface area contributed by atoms with Gasteiger partial charge in [-0.25, -0.2) is 9.78 Å². The van der Waals surface area contributed by atoms with Crippen LogP contribution in [0.2, 0.25) is 0 Å². The van der Waals surface area contributed by atoms with Gasteiger partial charge in [0, 0.05) is 18.5 Å². The number of nitrogens with zero attached hydrogens (tertiary/aromatic N) is 2. The Balaban J connectivity index is 2.04. The number of hydrogen-bond donors (Lipinski definition) is 2. The molecule has 2 N–H and O–H groups in total. The molecule has 1 aliphatic heterocycles. The summed E-state index contributed by atoms with van der Waals surface area (Å²) in [6, 6.07) is 3.76. The summed E-state index contributed by atoms with van der Waals surface area (Å²) in [6.45, 7) is 4.08. The van der Waals surface area contributed by atoms with E-state index in [1.165, 1.54) is 0 Å². The molecule has 0 saturated carbocycles. The fourth-order valence-electron chi connectivity index (χ4n) is 2.66. The van der Waals surface area contributed by atoms with Gasteiger partial charge in [-0.1, -0.05) is 5.16 Å². The first-order valence-corrected chi connectivity index (χ1v) is 7.92. The molecule has 0 atom stereocenters. The largest absolute Gasteiger partial charge is 0.450 e. The average Bonchev–Trinajstić information content (AvgIpc) is 2.56. The van der Waals surface area contributed by atoms with Gasteiger partial charge in [0.1, 0.15) is 12.9 Å². The Kier molecular flexibility index (Phi) is 6.80. The Hall–Kier alpha value is -2.15. The molecule has 126 valence electrons. The molecule has 1 amide bonds. The van der Waals surface area contributed by atoms with Crippen molar-refractivity contribution in [2.24, 2.45) is 11.1 Å². The molecule has 0 aliphatic carbocycles. The second-order valence-electron chi connectivity index (χ2n) is 5.36. The van der Waals surface area contributed by atoms with Gasteiger partial charge in [-0.2, -0.15) is 0 Å². The van der Waals surface area contributed by atoms with E-state index in [0.717, 1.165) is 37.2 Å². The monoisotopic (exact) mass is 320 g/mol. The van der Waals surface area contributed by atoms with Gasteiger partial charge in [0.2, 0.25) is 0 Å². The predicted molar refractivity (Wildman–Crippen MR) is 88.6 cm³/mol. The number of hydrogen-bond acceptors (Lipinski definition) is 6. The highest BCUT2D eigenvalue weighted by atomic mass is 16.6. The summed E-state index contributed by atoms with van der Waals surface area (Å²) in [5.74, 6) is 0.897. The van der Waals surface area contributed by atoms with Gasteiger partial charge in [-0.05, 0) is 50.6 Å². The van der Waals surface area contributed by atoms with E-state index in [-0.39, 0.29) is 0 Å². The Morgan fingerprint density at radius 2 is 2.26 bits per heavy atom. The molecule has 1 fully saturated rings. The Morgan fingerprint density at radius 1 is 1.48 bits per heavy atom. The summed E-state index contributed by atoms with van der Waals surface area (Å²) in [5, 5.41) is 10.2. The normalized spacial score (nSPS) is 16.0. The van der Waals surface area contributed by atoms with E-state index in [0.29, 0.717) is 24.8 Å². The van der Waals surface area contributed by atoms with Gasteiger partial charge in [-0.15, -0.1) is 0 Å². The highest BCUT2D eigenvalue weighted by molar-refractivity contribution is 5.89. The van der Waals surface area contributed by atoms with Gasteiger partial charge < -0.3 is 14.9 Å². The minimum absolute atomic E-state index is 0.325. The number of carbonyl (C=O) groups excluding carboxylic acids is 1. The molecule has 1 aromatic heterocycles. The standard InChI is InChI=1S/C16H24N4O3/c1-3-23-16(21)19-15-11-12(4-9-18-15)10-14(20-22-2)13-5-7-17-8-6-13/h4,9,11,13,17H,3,5-8,10H2,1-2H3,(H,18,19,21)/b20-14+. The van der Waals surface area contributed by atoms with Crippen LogP contribution in [0.15, 0.2) is 23.5 Å². The lowest BCUT2D eigenvalue weighted by atomic mass is 9.89. The molecular weight excluding hydrogens is 296 g/mol. The van der Waals surface area contributed by atoms with Crippen LogP contribution in [-0.2, 0) is 16.0 Å². The van der Waals surface area contributed by atoms with Gasteiger partial charge in [0.25, 0.3) is 0 Å². The van der Waals surface area contributed by atoms with Crippen molar-refractivity contribution in [3.05, 3.63) is 23.9 Å². The van der Waals surface area contributed by atoms with Crippen LogP contribution in [0, 0.1) is 5.92 Å². The number of carbonyl (C=O) groups is 1. The van der Waals surface area contributed by atoms with Crippen LogP contribution in [0.3, 0.4) is 0 Å². The van der Waals surface area contributed by atoms with Crippen molar-refractivity contribution in [3.8, 4) is 0 Å². The second kappa shape index (κ2) is 9.09. The summed E-state index contributed by atoms with van der Waals surface area (Å²) in [4.78, 5) is 20.6. The van der Waals surface area contributed by atoms with Crippen LogP contribution in [0.4, 0.5) is 10.6 Å². The van der Waals surface area contributed by atoms with Crippen molar-refractivity contribution in [2.45, 2.75) is 26.2 Å². The van der Waals surface area contributed by atoms with Crippen molar-refractivity contribution >= 4 is 17.6 Å². The van der Waals surface area contributed by atoms with Crippen molar-refractivity contribution < 1.29 is 14.4 Å². The van der Waals surface area contributed by atoms with Gasteiger partial charge in [0.15, 0.2) is 0 Å². The summed E-state index contributed by atoms with van der Waals surface area (Å²) < 4.78 is 4.86. The van der Waals surface area contributed by atoms with E-state index in [1.54, 1.807) is 20.2 Å². The van der Waals surface area contributed by atoms with E-state index in [4.69, 9.17) is 9.57 Å². The van der Waals surface area contributed by atoms with Crippen LogP contribution in [0.25, 0.3) is 0 Å². The van der Waals surface area contributed by atoms with E-state index >= 15 is 0 Å². The third kappa shape index (κ3) is 5.52. The molecule has 7 heteroatoms. The number of amides is 1. The van der Waals surface area contributed by atoms with Crippen molar-refractivity contribution in [3.63, 3.8) is 0 Å². The van der Waals surface area contributed by atoms with Crippen molar-refractivity contribution in [2.75, 3.05) is 32.1 Å². The highest BCUT2D eigenvalue weighted by Crippen LogP contribution is 2.18. The molecule has 0 bridgehead atoms. The topological polar surface area (TPSA) is 84.8 Å². The fraction of sp³-hybridized carbons (Fsp3) is 0.562. The predicted octanol–water partition coefficient (Wildman–Crippen LogP) is 2.19. The van der Waals surface area contributed by atoms with Crippen molar-refractivity contribution in [1.29, 1.82) is 0 Å². The van der Waals surface area contributed by atoms with Crippen LogP contribution >= 0.6 is 0 Å². The van der Waals surface area contributed by atoms with Crippen LogP contribution in [0.5, 0.6) is 0 Å². The van der Waals surface area contributed by atoms with Crippen LogP contribution in [-0.4, -0.2) is 43.6 Å². The zero-order valence-corrected chi connectivity index (χ0v) is 13.7. The molecule has 7 nitrogen and oxygen atoms in total. The molecule has 0 aromatic carbocycles. The Bertz CT molecular complexity index is 542. The number of aromatic nitrogens is 1. The molecule has 1 aromatic rings. The number of ether oxygens (including phenoxy) is 1. The van der Waals surface area contributed by atoms with Crippen molar-refractivity contribution in [1.82, 2.24) is 10.3 Å². The third-order valence-electron chi connectivity index (χ3n) is 3.73. The minimum atomic E-state index is -0.499. The Morgan fingerprint density at radius 3 is 2.96 bits per heavy atom. The lowest BCUT2D eigenvalue weighted by Gasteiger charge is -2.23. The number of rotatable bonds is 6. The van der Waals surface area contributed by atoms with E-state index < -0.39 is 6.09 Å². The molecule has 0 radical (unpaired) electrons. The van der Waals surface area contributed by atoms with Gasteiger partial charge in [0.05, 0.1) is 12.3 Å². The molecule has 2 rings (SSSR count). The molecule has 23 heavy (non-hydrogen) atoms. The van der Waals surface area contributed by atoms with Gasteiger partial charge >= 0.3 is 6.09 Å². The molecule has 0 spiro atoms. The molecule has 1 aliphatic rings. The first kappa shape index (κ1) is 17.2. The zero-order chi connectivity index (χ0) is 16.5. The van der Waals surface area contributed by atoms with E-state index in [9.17, 15) is 4.79 Å². The average molecular weight is 320 g/mol. The van der Waals surface area contributed by atoms with Crippen LogP contribution in [0.1, 0.15) is 25.3 Å². The number of pyridine rings is 1. The summed E-state index contributed by atoms with van der Waals surface area (Å²) >= 11 is 0. The minimum Gasteiger partial charge on any atom is -0.450 e. The zero-order valence-electron chi connectivity index (χ0n) is 13.7. The molecule has 0 unspecified atom stereocenters. The summed E-state index contributed by atoms with van der Waals surface area (Å²) in [7, 11) is 1.57. The van der Waals surface area contributed by atoms with Crippen LogP contribution < -0.4 is 10.6 Å². The highest BCUT2D eigenvalue weighted by Gasteiger charge is 2.20. The maximum Gasteiger partial charge on any atom is 0.412 e. The lowest BCUT2D eigenvalue weighted by Crippen LogP contribution is -2.32. The first-order chi connectivity index (χ1) is 11.2. The number of piperidine rings is 1. The quantitative estimate of drug-likeness (QED) is 0.620. The number of nitrogens with one attached hydrogen (secondary N) is 2.